The summed E-state index contributed by atoms with van der Waals surface area (Å²) in [6, 6.07) is 2.95. The number of alkyl halides is 6. The number of hydrogen-bond donors (Lipinski definition) is 0. The number of benzene rings is 1. The van der Waals surface area contributed by atoms with E-state index in [-0.39, 0.29) is 19.9 Å². The third-order valence-corrected chi connectivity index (χ3v) is 3.79. The van der Waals surface area contributed by atoms with Gasteiger partial charge in [-0.05, 0) is 30.5 Å². The van der Waals surface area contributed by atoms with Crippen LogP contribution in [0, 0.1) is 5.82 Å². The summed E-state index contributed by atoms with van der Waals surface area (Å²) >= 11 is 0. The number of carbonyl (C=O) groups excluding carboxylic acids is 1. The molecular formula is C15H18F7NO4S. The van der Waals surface area contributed by atoms with Crippen molar-refractivity contribution in [3.05, 3.63) is 29.6 Å². The van der Waals surface area contributed by atoms with Crippen molar-refractivity contribution in [2.75, 3.05) is 13.1 Å². The Hall–Kier alpha value is -2.05. The molecule has 1 amide bonds. The van der Waals surface area contributed by atoms with E-state index in [9.17, 15) is 43.9 Å². The molecule has 0 fully saturated rings. The highest BCUT2D eigenvalue weighted by molar-refractivity contribution is 7.88. The van der Waals surface area contributed by atoms with E-state index in [1.807, 2.05) is 6.92 Å². The highest BCUT2D eigenvalue weighted by Crippen LogP contribution is 2.29. The molecule has 0 heterocycles. The topological polar surface area (TPSA) is 63.7 Å². The molecule has 1 aromatic rings. The Bertz CT molecular complexity index is 727. The second-order valence-corrected chi connectivity index (χ2v) is 6.96. The number of rotatable bonds is 8. The van der Waals surface area contributed by atoms with E-state index < -0.39 is 33.4 Å². The molecule has 5 nitrogen and oxygen atoms in total. The summed E-state index contributed by atoms with van der Waals surface area (Å²) in [4.78, 5) is 12.2. The summed E-state index contributed by atoms with van der Waals surface area (Å²) in [7, 11) is -5.94. The van der Waals surface area contributed by atoms with Crippen molar-refractivity contribution < 1.29 is 48.1 Å². The highest BCUT2D eigenvalue weighted by atomic mass is 32.2. The van der Waals surface area contributed by atoms with Gasteiger partial charge in [0.15, 0.2) is 11.6 Å². The Morgan fingerprint density at radius 1 is 1.11 bits per heavy atom. The van der Waals surface area contributed by atoms with Crippen molar-refractivity contribution in [3.8, 4) is 5.75 Å². The molecular weight excluding hydrogens is 423 g/mol. The Morgan fingerprint density at radius 2 is 1.64 bits per heavy atom. The van der Waals surface area contributed by atoms with E-state index in [1.165, 1.54) is 11.0 Å². The van der Waals surface area contributed by atoms with Gasteiger partial charge in [0.25, 0.3) is 0 Å². The van der Waals surface area contributed by atoms with E-state index in [0.717, 1.165) is 18.6 Å². The first-order valence-electron chi connectivity index (χ1n) is 7.66. The summed E-state index contributed by atoms with van der Waals surface area (Å²) < 4.78 is 107. The van der Waals surface area contributed by atoms with Crippen LogP contribution in [-0.4, -0.2) is 44.5 Å². The average molecular weight is 441 g/mol. The second kappa shape index (κ2) is 10.5. The van der Waals surface area contributed by atoms with Crippen LogP contribution < -0.4 is 4.18 Å². The number of carbonyl (C=O) groups is 1. The minimum Gasteiger partial charge on any atom is -0.373 e. The van der Waals surface area contributed by atoms with Gasteiger partial charge in [0.05, 0.1) is 0 Å². The monoisotopic (exact) mass is 441 g/mol. The molecule has 1 aromatic carbocycles. The number of halogens is 7. The Balaban J connectivity index is 0.00000129. The summed E-state index contributed by atoms with van der Waals surface area (Å²) in [6.07, 6.45) is -2.44. The van der Waals surface area contributed by atoms with E-state index in [1.54, 1.807) is 0 Å². The zero-order valence-corrected chi connectivity index (χ0v) is 15.6. The van der Waals surface area contributed by atoms with E-state index >= 15 is 0 Å². The van der Waals surface area contributed by atoms with Gasteiger partial charge in [-0.15, -0.1) is 0 Å². The first kappa shape index (κ1) is 26.0. The lowest BCUT2D eigenvalue weighted by molar-refractivity contribution is -0.118. The van der Waals surface area contributed by atoms with Crippen molar-refractivity contribution in [1.29, 1.82) is 0 Å². The first-order valence-corrected chi connectivity index (χ1v) is 9.06. The summed E-state index contributed by atoms with van der Waals surface area (Å²) in [6.45, 7) is 2.81. The van der Waals surface area contributed by atoms with E-state index in [4.69, 9.17) is 0 Å². The van der Waals surface area contributed by atoms with Crippen molar-refractivity contribution in [2.45, 2.75) is 38.4 Å². The highest BCUT2D eigenvalue weighted by Gasteiger charge is 2.48. The molecule has 0 aliphatic carbocycles. The molecule has 0 unspecified atom stereocenters. The van der Waals surface area contributed by atoms with Gasteiger partial charge < -0.3 is 9.08 Å². The fourth-order valence-electron chi connectivity index (χ4n) is 1.71. The van der Waals surface area contributed by atoms with Crippen molar-refractivity contribution >= 4 is 16.5 Å². The maximum Gasteiger partial charge on any atom is 0.534 e. The third-order valence-electron chi connectivity index (χ3n) is 2.83. The van der Waals surface area contributed by atoms with Crippen molar-refractivity contribution in [1.82, 2.24) is 4.90 Å². The Labute approximate surface area is 157 Å². The van der Waals surface area contributed by atoms with Crippen LogP contribution in [0.15, 0.2) is 18.2 Å². The molecule has 13 heteroatoms. The van der Waals surface area contributed by atoms with Crippen LogP contribution in [0.2, 0.25) is 0 Å². The normalized spacial score (nSPS) is 12.0. The standard InChI is InChI=1S/C13H15F4NO4S.C2H3F3/c1-2-6-18(9-19)7-5-10-3-4-11(14)12(8-10)22-23(20,21)13(15,16)17;1-2(3,4)5/h3-4,8-9H,2,5-7H2,1H3;1H3. The predicted octanol–water partition coefficient (Wildman–Crippen LogP) is 4.03. The van der Waals surface area contributed by atoms with Gasteiger partial charge in [-0.1, -0.05) is 13.0 Å². The molecule has 0 saturated carbocycles. The molecule has 0 bridgehead atoms. The number of hydrogen-bond acceptors (Lipinski definition) is 4. The van der Waals surface area contributed by atoms with Crippen molar-refractivity contribution in [3.63, 3.8) is 0 Å². The Morgan fingerprint density at radius 3 is 2.07 bits per heavy atom. The molecule has 0 aromatic heterocycles. The molecule has 162 valence electrons. The molecule has 28 heavy (non-hydrogen) atoms. The third kappa shape index (κ3) is 10.3. The van der Waals surface area contributed by atoms with Crippen LogP contribution in [-0.2, 0) is 21.3 Å². The van der Waals surface area contributed by atoms with Crippen LogP contribution in [0.4, 0.5) is 30.7 Å². The fourth-order valence-corrected chi connectivity index (χ4v) is 2.17. The largest absolute Gasteiger partial charge is 0.534 e. The van der Waals surface area contributed by atoms with Crippen LogP contribution in [0.1, 0.15) is 25.8 Å². The van der Waals surface area contributed by atoms with Crippen LogP contribution in [0.3, 0.4) is 0 Å². The summed E-state index contributed by atoms with van der Waals surface area (Å²) in [5.74, 6) is -2.27. The van der Waals surface area contributed by atoms with Crippen LogP contribution >= 0.6 is 0 Å². The number of amides is 1. The molecule has 0 saturated heterocycles. The zero-order chi connectivity index (χ0) is 22.2. The van der Waals surface area contributed by atoms with Crippen LogP contribution in [0.25, 0.3) is 0 Å². The van der Waals surface area contributed by atoms with Gasteiger partial charge in [-0.25, -0.2) is 4.39 Å². The molecule has 1 rings (SSSR count). The van der Waals surface area contributed by atoms with Crippen molar-refractivity contribution in [2.24, 2.45) is 0 Å². The van der Waals surface area contributed by atoms with E-state index in [0.29, 0.717) is 18.5 Å². The second-order valence-electron chi connectivity index (χ2n) is 5.42. The van der Waals surface area contributed by atoms with E-state index in [2.05, 4.69) is 4.18 Å². The summed E-state index contributed by atoms with van der Waals surface area (Å²) in [5, 5.41) is 0. The quantitative estimate of drug-likeness (QED) is 0.265. The minimum atomic E-state index is -5.94. The molecule has 0 aliphatic rings. The lowest BCUT2D eigenvalue weighted by Gasteiger charge is -2.16. The molecule has 0 atom stereocenters. The van der Waals surface area contributed by atoms with Gasteiger partial charge in [-0.3, -0.25) is 4.79 Å². The molecule has 0 aliphatic heterocycles. The van der Waals surface area contributed by atoms with Gasteiger partial charge in [-0.2, -0.15) is 34.8 Å². The van der Waals surface area contributed by atoms with Gasteiger partial charge >= 0.3 is 21.8 Å². The van der Waals surface area contributed by atoms with Crippen LogP contribution in [0.5, 0.6) is 5.75 Å². The molecule has 0 spiro atoms. The Kier molecular flexibility index (Phi) is 9.71. The maximum atomic E-state index is 13.5. The summed E-state index contributed by atoms with van der Waals surface area (Å²) in [5.41, 5.74) is -5.31. The van der Waals surface area contributed by atoms with Gasteiger partial charge in [0.2, 0.25) is 6.41 Å². The minimum absolute atomic E-state index is 0.188. The fraction of sp³-hybridized carbons (Fsp3) is 0.533. The maximum absolute atomic E-state index is 13.5. The molecule has 0 radical (unpaired) electrons. The average Bonchev–Trinajstić information content (AvgIpc) is 2.51. The SMILES string of the molecule is CC(F)(F)F.CCCN(C=O)CCc1ccc(F)c(OS(=O)(=O)C(F)(F)F)c1. The number of nitrogens with zero attached hydrogens (tertiary/aromatic N) is 1. The molecule has 0 N–H and O–H groups in total. The van der Waals surface area contributed by atoms with Gasteiger partial charge in [0.1, 0.15) is 0 Å². The van der Waals surface area contributed by atoms with Gasteiger partial charge in [0, 0.05) is 20.0 Å². The first-order chi connectivity index (χ1) is 12.6. The lowest BCUT2D eigenvalue weighted by Crippen LogP contribution is -2.28. The predicted molar refractivity (Wildman–Crippen MR) is 85.4 cm³/mol. The smallest absolute Gasteiger partial charge is 0.373 e. The lowest BCUT2D eigenvalue weighted by atomic mass is 10.1. The zero-order valence-electron chi connectivity index (χ0n) is 14.8.